The highest BCUT2D eigenvalue weighted by Crippen LogP contribution is 2.20. The van der Waals surface area contributed by atoms with Crippen LogP contribution in [0.15, 0.2) is 42.1 Å². The van der Waals surface area contributed by atoms with Crippen LogP contribution >= 0.6 is 11.8 Å². The molecule has 0 saturated heterocycles. The first-order chi connectivity index (χ1) is 12.0. The molecule has 134 valence electrons. The number of hydrogen-bond donors (Lipinski definition) is 2. The van der Waals surface area contributed by atoms with Crippen molar-refractivity contribution in [3.05, 3.63) is 48.3 Å². The van der Waals surface area contributed by atoms with Gasteiger partial charge in [0.2, 0.25) is 11.1 Å². The standard InChI is InChI=1S/C17H23N5O2S/c1-4-9-19-16(23)11-25-17-21-20-15(22(17)18)10-24-14-7-5-13(6-8-14)12(2)3/h4-8,12H,1,9-11,18H2,2-3H3,(H,19,23). The zero-order valence-electron chi connectivity index (χ0n) is 14.4. The Kier molecular flexibility index (Phi) is 6.88. The number of carbonyl (C=O) groups excluding carboxylic acids is 1. The number of benzene rings is 1. The van der Waals surface area contributed by atoms with Gasteiger partial charge in [-0.15, -0.1) is 16.8 Å². The fraction of sp³-hybridized carbons (Fsp3) is 0.353. The Bertz CT molecular complexity index is 712. The lowest BCUT2D eigenvalue weighted by Crippen LogP contribution is -2.25. The van der Waals surface area contributed by atoms with Gasteiger partial charge in [0.1, 0.15) is 12.4 Å². The number of thioether (sulfide) groups is 1. The van der Waals surface area contributed by atoms with E-state index in [1.807, 2.05) is 24.3 Å². The molecule has 8 heteroatoms. The minimum absolute atomic E-state index is 0.115. The highest BCUT2D eigenvalue weighted by Gasteiger charge is 2.12. The SMILES string of the molecule is C=CCNC(=O)CSc1nnc(COc2ccc(C(C)C)cc2)n1N. The van der Waals surface area contributed by atoms with Gasteiger partial charge in [0.15, 0.2) is 5.82 Å². The number of carbonyl (C=O) groups is 1. The summed E-state index contributed by atoms with van der Waals surface area (Å²) in [7, 11) is 0. The molecule has 1 amide bonds. The van der Waals surface area contributed by atoms with Gasteiger partial charge in [-0.2, -0.15) is 0 Å². The second-order valence-electron chi connectivity index (χ2n) is 5.66. The summed E-state index contributed by atoms with van der Waals surface area (Å²) in [6.45, 7) is 8.47. The lowest BCUT2D eigenvalue weighted by atomic mass is 10.0. The maximum atomic E-state index is 11.6. The molecular formula is C17H23N5O2S. The molecule has 1 heterocycles. The highest BCUT2D eigenvalue weighted by atomic mass is 32.2. The van der Waals surface area contributed by atoms with Crippen molar-refractivity contribution >= 4 is 17.7 Å². The van der Waals surface area contributed by atoms with Crippen molar-refractivity contribution in [2.45, 2.75) is 31.5 Å². The third kappa shape index (κ3) is 5.53. The molecule has 0 spiro atoms. The molecule has 7 nitrogen and oxygen atoms in total. The van der Waals surface area contributed by atoms with Gasteiger partial charge in [0, 0.05) is 6.54 Å². The first-order valence-corrected chi connectivity index (χ1v) is 8.92. The number of nitrogens with two attached hydrogens (primary N) is 1. The van der Waals surface area contributed by atoms with E-state index >= 15 is 0 Å². The van der Waals surface area contributed by atoms with Crippen LogP contribution in [0, 0.1) is 0 Å². The van der Waals surface area contributed by atoms with Crippen molar-refractivity contribution in [2.24, 2.45) is 0 Å². The lowest BCUT2D eigenvalue weighted by molar-refractivity contribution is -0.118. The zero-order valence-corrected chi connectivity index (χ0v) is 15.3. The van der Waals surface area contributed by atoms with Gasteiger partial charge >= 0.3 is 0 Å². The fourth-order valence-electron chi connectivity index (χ4n) is 1.97. The molecule has 0 fully saturated rings. The molecule has 3 N–H and O–H groups in total. The predicted molar refractivity (Wildman–Crippen MR) is 99.0 cm³/mol. The van der Waals surface area contributed by atoms with Crippen LogP contribution in [0.3, 0.4) is 0 Å². The number of hydrogen-bond acceptors (Lipinski definition) is 6. The number of amides is 1. The molecule has 0 bridgehead atoms. The molecule has 2 aromatic rings. The quantitative estimate of drug-likeness (QED) is 0.403. The highest BCUT2D eigenvalue weighted by molar-refractivity contribution is 7.99. The van der Waals surface area contributed by atoms with Gasteiger partial charge in [-0.1, -0.05) is 43.8 Å². The van der Waals surface area contributed by atoms with Gasteiger partial charge in [0.05, 0.1) is 5.75 Å². The van der Waals surface area contributed by atoms with E-state index in [0.29, 0.717) is 23.4 Å². The van der Waals surface area contributed by atoms with Crippen molar-refractivity contribution in [1.82, 2.24) is 20.2 Å². The Labute approximate surface area is 151 Å². The van der Waals surface area contributed by atoms with Crippen LogP contribution in [-0.4, -0.2) is 33.1 Å². The van der Waals surface area contributed by atoms with Crippen molar-refractivity contribution in [3.8, 4) is 5.75 Å². The molecule has 0 saturated carbocycles. The minimum atomic E-state index is -0.115. The van der Waals surface area contributed by atoms with E-state index < -0.39 is 0 Å². The third-order valence-corrected chi connectivity index (χ3v) is 4.37. The van der Waals surface area contributed by atoms with Crippen molar-refractivity contribution in [1.29, 1.82) is 0 Å². The zero-order chi connectivity index (χ0) is 18.2. The van der Waals surface area contributed by atoms with Crippen LogP contribution in [-0.2, 0) is 11.4 Å². The minimum Gasteiger partial charge on any atom is -0.486 e. The molecule has 1 aromatic heterocycles. The van der Waals surface area contributed by atoms with Gasteiger partial charge < -0.3 is 15.9 Å². The molecule has 0 radical (unpaired) electrons. The van der Waals surface area contributed by atoms with Gasteiger partial charge in [-0.3, -0.25) is 4.79 Å². The summed E-state index contributed by atoms with van der Waals surface area (Å²) in [6, 6.07) is 7.92. The number of ether oxygens (including phenoxy) is 1. The molecule has 25 heavy (non-hydrogen) atoms. The molecular weight excluding hydrogens is 338 g/mol. The van der Waals surface area contributed by atoms with Crippen LogP contribution in [0.5, 0.6) is 5.75 Å². The number of nitrogens with zero attached hydrogens (tertiary/aromatic N) is 3. The van der Waals surface area contributed by atoms with Crippen LogP contribution in [0.25, 0.3) is 0 Å². The van der Waals surface area contributed by atoms with E-state index in [-0.39, 0.29) is 18.3 Å². The molecule has 0 aliphatic rings. The molecule has 0 unspecified atom stereocenters. The van der Waals surface area contributed by atoms with Crippen LogP contribution in [0.4, 0.5) is 0 Å². The maximum Gasteiger partial charge on any atom is 0.230 e. The Morgan fingerprint density at radius 2 is 2.12 bits per heavy atom. The Balaban J connectivity index is 1.87. The first-order valence-electron chi connectivity index (χ1n) is 7.93. The molecule has 0 aliphatic carbocycles. The summed E-state index contributed by atoms with van der Waals surface area (Å²) in [5, 5.41) is 11.1. The van der Waals surface area contributed by atoms with Gasteiger partial charge in [0.25, 0.3) is 0 Å². The van der Waals surface area contributed by atoms with Crippen LogP contribution < -0.4 is 15.9 Å². The molecule has 0 aliphatic heterocycles. The molecule has 2 rings (SSSR count). The molecule has 1 aromatic carbocycles. The van der Waals surface area contributed by atoms with E-state index in [4.69, 9.17) is 10.6 Å². The van der Waals surface area contributed by atoms with E-state index in [0.717, 1.165) is 5.75 Å². The van der Waals surface area contributed by atoms with E-state index in [1.165, 1.54) is 22.0 Å². The van der Waals surface area contributed by atoms with E-state index in [1.54, 1.807) is 6.08 Å². The van der Waals surface area contributed by atoms with Crippen molar-refractivity contribution in [3.63, 3.8) is 0 Å². The van der Waals surface area contributed by atoms with Crippen LogP contribution in [0.1, 0.15) is 31.2 Å². The largest absolute Gasteiger partial charge is 0.486 e. The fourth-order valence-corrected chi connectivity index (χ4v) is 2.67. The number of rotatable bonds is 9. The molecule has 0 atom stereocenters. The smallest absolute Gasteiger partial charge is 0.230 e. The Hall–Kier alpha value is -2.48. The van der Waals surface area contributed by atoms with Crippen molar-refractivity contribution in [2.75, 3.05) is 18.1 Å². The Morgan fingerprint density at radius 1 is 1.40 bits per heavy atom. The van der Waals surface area contributed by atoms with Gasteiger partial charge in [-0.05, 0) is 23.6 Å². The number of nitrogens with one attached hydrogen (secondary N) is 1. The van der Waals surface area contributed by atoms with E-state index in [2.05, 4.69) is 35.9 Å². The normalized spacial score (nSPS) is 10.7. The first kappa shape index (κ1) is 18.9. The van der Waals surface area contributed by atoms with Gasteiger partial charge in [-0.25, -0.2) is 4.68 Å². The summed E-state index contributed by atoms with van der Waals surface area (Å²) < 4.78 is 7.04. The second kappa shape index (κ2) is 9.12. The van der Waals surface area contributed by atoms with E-state index in [9.17, 15) is 4.79 Å². The summed E-state index contributed by atoms with van der Waals surface area (Å²) in [5.41, 5.74) is 1.25. The summed E-state index contributed by atoms with van der Waals surface area (Å²) in [4.78, 5) is 11.6. The van der Waals surface area contributed by atoms with Crippen molar-refractivity contribution < 1.29 is 9.53 Å². The number of nitrogen functional groups attached to an aromatic ring is 1. The summed E-state index contributed by atoms with van der Waals surface area (Å²) >= 11 is 1.22. The van der Waals surface area contributed by atoms with Crippen LogP contribution in [0.2, 0.25) is 0 Å². The topological polar surface area (TPSA) is 95.1 Å². The Morgan fingerprint density at radius 3 is 2.76 bits per heavy atom. The average molecular weight is 361 g/mol. The summed E-state index contributed by atoms with van der Waals surface area (Å²) in [6.07, 6.45) is 1.62. The predicted octanol–water partition coefficient (Wildman–Crippen LogP) is 2.09. The second-order valence-corrected chi connectivity index (χ2v) is 6.61. The third-order valence-electron chi connectivity index (χ3n) is 3.43. The lowest BCUT2D eigenvalue weighted by Gasteiger charge is -2.09. The summed E-state index contributed by atoms with van der Waals surface area (Å²) in [5.74, 6) is 7.76. The monoisotopic (exact) mass is 361 g/mol. The average Bonchev–Trinajstić information content (AvgIpc) is 2.96. The number of aromatic nitrogens is 3. The maximum absolute atomic E-state index is 11.6.